The number of aryl methyl sites for hydroxylation is 1. The molecule has 0 fully saturated rings. The van der Waals surface area contributed by atoms with Crippen molar-refractivity contribution in [2.24, 2.45) is 0 Å². The van der Waals surface area contributed by atoms with Gasteiger partial charge in [0.15, 0.2) is 18.1 Å². The minimum absolute atomic E-state index is 0.0462. The van der Waals surface area contributed by atoms with E-state index in [9.17, 15) is 14.0 Å². The molecule has 0 aliphatic carbocycles. The van der Waals surface area contributed by atoms with Gasteiger partial charge in [-0.25, -0.2) is 4.39 Å². The Bertz CT molecular complexity index is 1380. The molecule has 33 heavy (non-hydrogen) atoms. The molecule has 0 radical (unpaired) electrons. The van der Waals surface area contributed by atoms with Crippen molar-refractivity contribution in [2.45, 2.75) is 6.92 Å². The summed E-state index contributed by atoms with van der Waals surface area (Å²) in [6, 6.07) is 17.4. The third-order valence-electron chi connectivity index (χ3n) is 4.79. The van der Waals surface area contributed by atoms with E-state index in [1.165, 1.54) is 43.5 Å². The van der Waals surface area contributed by atoms with Crippen LogP contribution in [0, 0.1) is 12.7 Å². The molecule has 0 aliphatic rings. The van der Waals surface area contributed by atoms with Crippen LogP contribution < -0.4 is 25.0 Å². The lowest BCUT2D eigenvalue weighted by Gasteiger charge is -2.12. The molecule has 0 atom stereocenters. The molecule has 1 N–H and O–H groups in total. The average Bonchev–Trinajstić information content (AvgIpc) is 2.82. The van der Waals surface area contributed by atoms with Crippen molar-refractivity contribution in [1.82, 2.24) is 0 Å². The molecule has 0 unspecified atom stereocenters. The molecule has 0 bridgehead atoms. The molecular formula is C25H20FNO6. The number of halogens is 1. The van der Waals surface area contributed by atoms with Gasteiger partial charge in [0.1, 0.15) is 22.9 Å². The normalized spacial score (nSPS) is 10.6. The summed E-state index contributed by atoms with van der Waals surface area (Å²) in [6.07, 6.45) is 0. The summed E-state index contributed by atoms with van der Waals surface area (Å²) >= 11 is 0. The van der Waals surface area contributed by atoms with Crippen LogP contribution in [0.15, 0.2) is 75.9 Å². The third kappa shape index (κ3) is 4.79. The van der Waals surface area contributed by atoms with Crippen molar-refractivity contribution in [3.63, 3.8) is 0 Å². The number of hydrogen-bond acceptors (Lipinski definition) is 6. The molecule has 0 aliphatic heterocycles. The highest BCUT2D eigenvalue weighted by atomic mass is 19.1. The largest absolute Gasteiger partial charge is 0.493 e. The predicted octanol–water partition coefficient (Wildman–Crippen LogP) is 5.06. The number of benzene rings is 3. The SMILES string of the molecule is COc1ccccc1Oc1c(C)oc2cc(OCC(=O)Nc3ccccc3F)ccc2c1=O. The van der Waals surface area contributed by atoms with Gasteiger partial charge in [-0.3, -0.25) is 9.59 Å². The minimum atomic E-state index is -0.542. The van der Waals surface area contributed by atoms with Crippen molar-refractivity contribution >= 4 is 22.6 Å². The highest BCUT2D eigenvalue weighted by Gasteiger charge is 2.16. The van der Waals surface area contributed by atoms with E-state index in [0.29, 0.717) is 17.2 Å². The summed E-state index contributed by atoms with van der Waals surface area (Å²) in [5.74, 6) is 0.424. The van der Waals surface area contributed by atoms with E-state index in [0.717, 1.165) is 0 Å². The fourth-order valence-corrected chi connectivity index (χ4v) is 3.19. The Hall–Kier alpha value is -4.33. The molecule has 3 aromatic carbocycles. The Kier molecular flexibility index (Phi) is 6.26. The van der Waals surface area contributed by atoms with E-state index in [1.807, 2.05) is 0 Å². The van der Waals surface area contributed by atoms with E-state index >= 15 is 0 Å². The number of fused-ring (bicyclic) bond motifs is 1. The first-order valence-corrected chi connectivity index (χ1v) is 10.0. The first-order valence-electron chi connectivity index (χ1n) is 10.0. The average molecular weight is 449 g/mol. The van der Waals surface area contributed by atoms with Crippen LogP contribution in [0.2, 0.25) is 0 Å². The van der Waals surface area contributed by atoms with Crippen LogP contribution in [0.3, 0.4) is 0 Å². The molecule has 1 amide bonds. The summed E-state index contributed by atoms with van der Waals surface area (Å²) in [7, 11) is 1.51. The van der Waals surface area contributed by atoms with Crippen molar-refractivity contribution < 1.29 is 27.8 Å². The minimum Gasteiger partial charge on any atom is -0.493 e. The Labute approximate surface area is 188 Å². The maximum absolute atomic E-state index is 13.7. The monoisotopic (exact) mass is 449 g/mol. The molecular weight excluding hydrogens is 429 g/mol. The van der Waals surface area contributed by atoms with Crippen LogP contribution in [0.25, 0.3) is 11.0 Å². The highest BCUT2D eigenvalue weighted by Crippen LogP contribution is 2.32. The van der Waals surface area contributed by atoms with Crippen molar-refractivity contribution in [2.75, 3.05) is 19.0 Å². The van der Waals surface area contributed by atoms with Crippen LogP contribution in [-0.4, -0.2) is 19.6 Å². The van der Waals surface area contributed by atoms with E-state index in [2.05, 4.69) is 5.32 Å². The van der Waals surface area contributed by atoms with Crippen LogP contribution in [0.1, 0.15) is 5.76 Å². The van der Waals surface area contributed by atoms with Crippen LogP contribution >= 0.6 is 0 Å². The quantitative estimate of drug-likeness (QED) is 0.424. The molecule has 0 saturated carbocycles. The zero-order chi connectivity index (χ0) is 23.4. The van der Waals surface area contributed by atoms with Crippen LogP contribution in [0.5, 0.6) is 23.0 Å². The smallest absolute Gasteiger partial charge is 0.262 e. The van der Waals surface area contributed by atoms with Gasteiger partial charge in [-0.05, 0) is 43.3 Å². The van der Waals surface area contributed by atoms with Gasteiger partial charge in [0.2, 0.25) is 11.2 Å². The number of carbonyl (C=O) groups excluding carboxylic acids is 1. The summed E-state index contributed by atoms with van der Waals surface area (Å²) in [4.78, 5) is 25.1. The lowest BCUT2D eigenvalue weighted by molar-refractivity contribution is -0.118. The standard InChI is InChI=1S/C25H20FNO6/c1-15-25(33-21-10-6-5-9-20(21)30-2)24(29)17-12-11-16(13-22(17)32-15)31-14-23(28)27-19-8-4-3-7-18(19)26/h3-13H,14H2,1-2H3,(H,27,28). The van der Waals surface area contributed by atoms with E-state index < -0.39 is 11.7 Å². The second-order valence-corrected chi connectivity index (χ2v) is 7.04. The maximum atomic E-state index is 13.7. The lowest BCUT2D eigenvalue weighted by atomic mass is 10.2. The number of rotatable bonds is 7. The molecule has 1 aromatic heterocycles. The number of amides is 1. The summed E-state index contributed by atoms with van der Waals surface area (Å²) in [5.41, 5.74) is -0.0193. The number of methoxy groups -OCH3 is 1. The highest BCUT2D eigenvalue weighted by molar-refractivity contribution is 5.92. The number of carbonyl (C=O) groups is 1. The van der Waals surface area contributed by atoms with Gasteiger partial charge in [0.05, 0.1) is 18.2 Å². The number of para-hydroxylation sites is 3. The van der Waals surface area contributed by atoms with Gasteiger partial charge in [-0.1, -0.05) is 24.3 Å². The molecule has 0 spiro atoms. The van der Waals surface area contributed by atoms with Crippen LogP contribution in [0.4, 0.5) is 10.1 Å². The maximum Gasteiger partial charge on any atom is 0.262 e. The van der Waals surface area contributed by atoms with Crippen LogP contribution in [-0.2, 0) is 4.79 Å². The van der Waals surface area contributed by atoms with Gasteiger partial charge in [0.25, 0.3) is 5.91 Å². The number of nitrogens with one attached hydrogen (secondary N) is 1. The lowest BCUT2D eigenvalue weighted by Crippen LogP contribution is -2.20. The van der Waals surface area contributed by atoms with Gasteiger partial charge in [-0.2, -0.15) is 0 Å². The molecule has 1 heterocycles. The molecule has 0 saturated heterocycles. The summed E-state index contributed by atoms with van der Waals surface area (Å²) in [5, 5.41) is 2.72. The molecule has 168 valence electrons. The van der Waals surface area contributed by atoms with E-state index in [1.54, 1.807) is 37.3 Å². The van der Waals surface area contributed by atoms with Crippen molar-refractivity contribution in [3.05, 3.63) is 88.5 Å². The van der Waals surface area contributed by atoms with Crippen molar-refractivity contribution in [3.8, 4) is 23.0 Å². The molecule has 4 aromatic rings. The number of hydrogen-bond donors (Lipinski definition) is 1. The zero-order valence-electron chi connectivity index (χ0n) is 17.9. The Morgan fingerprint density at radius 2 is 1.76 bits per heavy atom. The van der Waals surface area contributed by atoms with Gasteiger partial charge in [-0.15, -0.1) is 0 Å². The molecule has 8 heteroatoms. The number of ether oxygens (including phenoxy) is 3. The summed E-state index contributed by atoms with van der Waals surface area (Å²) in [6.45, 7) is 1.26. The molecule has 4 rings (SSSR count). The zero-order valence-corrected chi connectivity index (χ0v) is 17.9. The van der Waals surface area contributed by atoms with Gasteiger partial charge in [0, 0.05) is 6.07 Å². The topological polar surface area (TPSA) is 87.0 Å². The van der Waals surface area contributed by atoms with E-state index in [-0.39, 0.29) is 40.2 Å². The summed E-state index contributed by atoms with van der Waals surface area (Å²) < 4.78 is 36.0. The van der Waals surface area contributed by atoms with E-state index in [4.69, 9.17) is 18.6 Å². The Morgan fingerprint density at radius 3 is 2.52 bits per heavy atom. The Balaban J connectivity index is 1.52. The third-order valence-corrected chi connectivity index (χ3v) is 4.79. The number of anilines is 1. The Morgan fingerprint density at radius 1 is 1.03 bits per heavy atom. The fraction of sp³-hybridized carbons (Fsp3) is 0.120. The van der Waals surface area contributed by atoms with Gasteiger partial charge < -0.3 is 23.9 Å². The molecule has 7 nitrogen and oxygen atoms in total. The van der Waals surface area contributed by atoms with Crippen molar-refractivity contribution in [1.29, 1.82) is 0 Å². The fourth-order valence-electron chi connectivity index (χ4n) is 3.19. The second-order valence-electron chi connectivity index (χ2n) is 7.04. The second kappa shape index (κ2) is 9.44. The van der Waals surface area contributed by atoms with Gasteiger partial charge >= 0.3 is 0 Å². The first-order chi connectivity index (χ1) is 16.0. The first kappa shape index (κ1) is 21.9. The predicted molar refractivity (Wildman–Crippen MR) is 121 cm³/mol.